The molecule has 0 spiro atoms. The van der Waals surface area contributed by atoms with E-state index < -0.39 is 0 Å². The van der Waals surface area contributed by atoms with Gasteiger partial charge in [0.1, 0.15) is 5.52 Å². The standard InChI is InChI=1S/C16H14N4O/c1-3-20-16-13(9-18-20)14-12(8-17-16)15(21-19-14)11-6-4-10(2)5-7-11/h4-9H,3H2,1-2H3. The van der Waals surface area contributed by atoms with E-state index in [1.807, 2.05) is 29.9 Å². The largest absolute Gasteiger partial charge is 0.355 e. The Morgan fingerprint density at radius 3 is 2.67 bits per heavy atom. The summed E-state index contributed by atoms with van der Waals surface area (Å²) < 4.78 is 7.42. The molecule has 0 amide bonds. The predicted molar refractivity (Wildman–Crippen MR) is 80.9 cm³/mol. The highest BCUT2D eigenvalue weighted by atomic mass is 16.5. The molecule has 0 saturated carbocycles. The number of fused-ring (bicyclic) bond motifs is 3. The van der Waals surface area contributed by atoms with Gasteiger partial charge < -0.3 is 4.52 Å². The van der Waals surface area contributed by atoms with Gasteiger partial charge in [-0.3, -0.25) is 0 Å². The van der Waals surface area contributed by atoms with Gasteiger partial charge in [0, 0.05) is 18.3 Å². The van der Waals surface area contributed by atoms with Crippen LogP contribution in [0.1, 0.15) is 12.5 Å². The van der Waals surface area contributed by atoms with Crippen molar-refractivity contribution in [1.82, 2.24) is 19.9 Å². The minimum Gasteiger partial charge on any atom is -0.355 e. The summed E-state index contributed by atoms with van der Waals surface area (Å²) in [4.78, 5) is 4.52. The molecule has 0 aliphatic rings. The van der Waals surface area contributed by atoms with Crippen LogP contribution in [0.4, 0.5) is 0 Å². The van der Waals surface area contributed by atoms with E-state index in [2.05, 4.69) is 34.3 Å². The fourth-order valence-electron chi connectivity index (χ4n) is 2.56. The van der Waals surface area contributed by atoms with Crippen molar-refractivity contribution in [3.63, 3.8) is 0 Å². The van der Waals surface area contributed by atoms with Crippen LogP contribution in [-0.4, -0.2) is 19.9 Å². The van der Waals surface area contributed by atoms with Crippen molar-refractivity contribution in [3.8, 4) is 11.3 Å². The second-order valence-corrected chi connectivity index (χ2v) is 5.10. The molecule has 21 heavy (non-hydrogen) atoms. The zero-order valence-corrected chi connectivity index (χ0v) is 11.9. The number of benzene rings is 1. The van der Waals surface area contributed by atoms with Gasteiger partial charge in [0.05, 0.1) is 17.0 Å². The second kappa shape index (κ2) is 4.41. The monoisotopic (exact) mass is 278 g/mol. The SMILES string of the molecule is CCn1ncc2c3noc(-c4ccc(C)cc4)c3cnc21. The Morgan fingerprint density at radius 1 is 1.10 bits per heavy atom. The minimum absolute atomic E-state index is 0.753. The number of hydrogen-bond acceptors (Lipinski definition) is 4. The van der Waals surface area contributed by atoms with Crippen molar-refractivity contribution in [2.45, 2.75) is 20.4 Å². The molecule has 0 radical (unpaired) electrons. The lowest BCUT2D eigenvalue weighted by atomic mass is 10.1. The van der Waals surface area contributed by atoms with Crippen molar-refractivity contribution in [2.24, 2.45) is 0 Å². The summed E-state index contributed by atoms with van der Waals surface area (Å²) >= 11 is 0. The Bertz CT molecular complexity index is 934. The Hall–Kier alpha value is -2.69. The molecule has 1 aromatic carbocycles. The molecule has 0 aliphatic heterocycles. The molecule has 0 fully saturated rings. The molecule has 5 heteroatoms. The van der Waals surface area contributed by atoms with Crippen molar-refractivity contribution < 1.29 is 4.52 Å². The van der Waals surface area contributed by atoms with Gasteiger partial charge in [0.2, 0.25) is 0 Å². The maximum Gasteiger partial charge on any atom is 0.176 e. The topological polar surface area (TPSA) is 56.7 Å². The van der Waals surface area contributed by atoms with E-state index in [4.69, 9.17) is 4.52 Å². The first-order chi connectivity index (χ1) is 10.3. The molecule has 0 saturated heterocycles. The third-order valence-corrected chi connectivity index (χ3v) is 3.72. The molecule has 0 bridgehead atoms. The van der Waals surface area contributed by atoms with Crippen molar-refractivity contribution in [2.75, 3.05) is 0 Å². The summed E-state index contributed by atoms with van der Waals surface area (Å²) in [5, 5.41) is 10.4. The minimum atomic E-state index is 0.753. The molecule has 0 unspecified atom stereocenters. The third-order valence-electron chi connectivity index (χ3n) is 3.72. The normalized spacial score (nSPS) is 11.5. The van der Waals surface area contributed by atoms with Gasteiger partial charge in [-0.15, -0.1) is 0 Å². The summed E-state index contributed by atoms with van der Waals surface area (Å²) in [6.45, 7) is 4.88. The number of aromatic nitrogens is 4. The van der Waals surface area contributed by atoms with Crippen LogP contribution >= 0.6 is 0 Å². The van der Waals surface area contributed by atoms with Crippen LogP contribution in [0.3, 0.4) is 0 Å². The number of hydrogen-bond donors (Lipinski definition) is 0. The van der Waals surface area contributed by atoms with Crippen LogP contribution in [0.15, 0.2) is 41.2 Å². The first-order valence-corrected chi connectivity index (χ1v) is 6.95. The van der Waals surface area contributed by atoms with Crippen molar-refractivity contribution >= 4 is 21.9 Å². The highest BCUT2D eigenvalue weighted by Gasteiger charge is 2.16. The van der Waals surface area contributed by atoms with E-state index in [0.29, 0.717) is 0 Å². The Kier molecular flexibility index (Phi) is 2.54. The smallest absolute Gasteiger partial charge is 0.176 e. The molecule has 0 aliphatic carbocycles. The van der Waals surface area contributed by atoms with Crippen molar-refractivity contribution in [3.05, 3.63) is 42.2 Å². The van der Waals surface area contributed by atoms with E-state index in [9.17, 15) is 0 Å². The number of rotatable bonds is 2. The number of pyridine rings is 1. The summed E-state index contributed by atoms with van der Waals surface area (Å²) in [5.74, 6) is 0.753. The fourth-order valence-corrected chi connectivity index (χ4v) is 2.56. The molecule has 104 valence electrons. The molecule has 3 aromatic heterocycles. The van der Waals surface area contributed by atoms with Crippen LogP contribution in [-0.2, 0) is 6.54 Å². The molecule has 3 heterocycles. The van der Waals surface area contributed by atoms with E-state index in [1.165, 1.54) is 5.56 Å². The lowest BCUT2D eigenvalue weighted by Gasteiger charge is -1.99. The summed E-state index contributed by atoms with van der Waals surface area (Å²) in [6.07, 6.45) is 3.62. The van der Waals surface area contributed by atoms with Crippen LogP contribution in [0, 0.1) is 6.92 Å². The highest BCUT2D eigenvalue weighted by Crippen LogP contribution is 2.31. The molecule has 4 rings (SSSR count). The number of aryl methyl sites for hydroxylation is 2. The molecule has 0 N–H and O–H groups in total. The molecule has 0 atom stereocenters. The van der Waals surface area contributed by atoms with E-state index in [-0.39, 0.29) is 0 Å². The van der Waals surface area contributed by atoms with Gasteiger partial charge >= 0.3 is 0 Å². The quantitative estimate of drug-likeness (QED) is 0.562. The number of nitrogens with zero attached hydrogens (tertiary/aromatic N) is 4. The van der Waals surface area contributed by atoms with Gasteiger partial charge in [0.25, 0.3) is 0 Å². The van der Waals surface area contributed by atoms with Gasteiger partial charge in [-0.1, -0.05) is 35.0 Å². The Labute approximate surface area is 121 Å². The Balaban J connectivity index is 1.98. The average molecular weight is 278 g/mol. The first-order valence-electron chi connectivity index (χ1n) is 6.95. The van der Waals surface area contributed by atoms with Crippen LogP contribution in [0.2, 0.25) is 0 Å². The zero-order chi connectivity index (χ0) is 14.4. The van der Waals surface area contributed by atoms with E-state index in [1.54, 1.807) is 6.20 Å². The fraction of sp³-hybridized carbons (Fsp3) is 0.188. The van der Waals surface area contributed by atoms with Crippen LogP contribution < -0.4 is 0 Å². The molecule has 4 aromatic rings. The van der Waals surface area contributed by atoms with E-state index >= 15 is 0 Å². The maximum atomic E-state index is 5.56. The van der Waals surface area contributed by atoms with E-state index in [0.717, 1.165) is 39.8 Å². The second-order valence-electron chi connectivity index (χ2n) is 5.10. The third kappa shape index (κ3) is 1.74. The molecule has 5 nitrogen and oxygen atoms in total. The van der Waals surface area contributed by atoms with Crippen LogP contribution in [0.5, 0.6) is 0 Å². The van der Waals surface area contributed by atoms with Gasteiger partial charge in [-0.2, -0.15) is 5.10 Å². The lowest BCUT2D eigenvalue weighted by molar-refractivity contribution is 0.441. The highest BCUT2D eigenvalue weighted by molar-refractivity contribution is 6.05. The van der Waals surface area contributed by atoms with Crippen molar-refractivity contribution in [1.29, 1.82) is 0 Å². The lowest BCUT2D eigenvalue weighted by Crippen LogP contribution is -1.96. The predicted octanol–water partition coefficient (Wildman–Crippen LogP) is 3.57. The van der Waals surface area contributed by atoms with Gasteiger partial charge in [0.15, 0.2) is 11.4 Å². The Morgan fingerprint density at radius 2 is 1.90 bits per heavy atom. The summed E-state index contributed by atoms with van der Waals surface area (Å²) in [6, 6.07) is 8.19. The summed E-state index contributed by atoms with van der Waals surface area (Å²) in [7, 11) is 0. The zero-order valence-electron chi connectivity index (χ0n) is 11.9. The van der Waals surface area contributed by atoms with Crippen LogP contribution in [0.25, 0.3) is 33.3 Å². The van der Waals surface area contributed by atoms with Gasteiger partial charge in [-0.25, -0.2) is 9.67 Å². The molecular formula is C16H14N4O. The summed E-state index contributed by atoms with van der Waals surface area (Å²) in [5.41, 5.74) is 3.88. The average Bonchev–Trinajstić information content (AvgIpc) is 3.11. The maximum absolute atomic E-state index is 5.56. The molecular weight excluding hydrogens is 264 g/mol. The van der Waals surface area contributed by atoms with Gasteiger partial charge in [-0.05, 0) is 13.8 Å². The first kappa shape index (κ1) is 12.1.